The Morgan fingerprint density at radius 3 is 2.46 bits per heavy atom. The first-order valence-electron chi connectivity index (χ1n) is 7.70. The van der Waals surface area contributed by atoms with Crippen LogP contribution >= 0.6 is 0 Å². The predicted octanol–water partition coefficient (Wildman–Crippen LogP) is 4.04. The second kappa shape index (κ2) is 6.78. The van der Waals surface area contributed by atoms with Crippen molar-refractivity contribution in [2.75, 3.05) is 13.3 Å². The van der Waals surface area contributed by atoms with Crippen LogP contribution in [-0.2, 0) is 6.18 Å². The molecule has 4 nitrogen and oxygen atoms in total. The Hall–Kier alpha value is -2.90. The molecule has 2 aromatic heterocycles. The molecule has 0 aliphatic rings. The molecule has 0 unspecified atom stereocenters. The molecule has 8 heteroatoms. The van der Waals surface area contributed by atoms with E-state index in [4.69, 9.17) is 4.74 Å². The molecule has 0 amide bonds. The number of hydrogen-bond donors (Lipinski definition) is 0. The number of halogens is 4. The Kier molecular flexibility index (Phi) is 4.67. The maximum Gasteiger partial charge on any atom is 0.434 e. The highest BCUT2D eigenvalue weighted by atomic mass is 19.4. The van der Waals surface area contributed by atoms with Crippen LogP contribution in [0.25, 0.3) is 16.8 Å². The van der Waals surface area contributed by atoms with Crippen LogP contribution in [0.15, 0.2) is 47.4 Å². The molecular weight excluding hydrogens is 352 g/mol. The van der Waals surface area contributed by atoms with E-state index < -0.39 is 29.7 Å². The van der Waals surface area contributed by atoms with E-state index in [1.807, 2.05) is 0 Å². The standard InChI is InChI=1S/C18H14F4N2O2/c1-11-6-8-24-14(10-11)23-16(18(20,21)22)15(17(24)25)12-2-4-13(5-3-12)26-9-7-19/h2-6,8,10H,7,9H2,1H3. The van der Waals surface area contributed by atoms with Gasteiger partial charge in [-0.15, -0.1) is 0 Å². The first-order chi connectivity index (χ1) is 12.3. The fraction of sp³-hybridized carbons (Fsp3) is 0.222. The molecule has 3 rings (SSSR count). The molecule has 136 valence electrons. The SMILES string of the molecule is Cc1ccn2c(=O)c(-c3ccc(OCCF)cc3)c(C(F)(F)F)nc2c1. The number of rotatable bonds is 4. The Labute approximate surface area is 145 Å². The smallest absolute Gasteiger partial charge is 0.434 e. The first-order valence-corrected chi connectivity index (χ1v) is 7.70. The maximum absolute atomic E-state index is 13.5. The van der Waals surface area contributed by atoms with E-state index in [1.165, 1.54) is 36.5 Å². The van der Waals surface area contributed by atoms with Crippen molar-refractivity contribution in [3.05, 3.63) is 64.2 Å². The summed E-state index contributed by atoms with van der Waals surface area (Å²) >= 11 is 0. The highest BCUT2D eigenvalue weighted by Crippen LogP contribution is 2.34. The zero-order valence-electron chi connectivity index (χ0n) is 13.7. The van der Waals surface area contributed by atoms with Crippen LogP contribution in [-0.4, -0.2) is 22.7 Å². The third-order valence-electron chi connectivity index (χ3n) is 3.74. The summed E-state index contributed by atoms with van der Waals surface area (Å²) in [6, 6.07) is 8.43. The summed E-state index contributed by atoms with van der Waals surface area (Å²) in [5.41, 5.74) is -1.94. The number of nitrogens with zero attached hydrogens (tertiary/aromatic N) is 2. The quantitative estimate of drug-likeness (QED) is 0.655. The van der Waals surface area contributed by atoms with Crippen molar-refractivity contribution >= 4 is 5.65 Å². The van der Waals surface area contributed by atoms with Crippen molar-refractivity contribution in [1.82, 2.24) is 9.38 Å². The van der Waals surface area contributed by atoms with Crippen molar-refractivity contribution < 1.29 is 22.3 Å². The fourth-order valence-electron chi connectivity index (χ4n) is 2.58. The first kappa shape index (κ1) is 17.9. The van der Waals surface area contributed by atoms with Crippen LogP contribution < -0.4 is 10.3 Å². The monoisotopic (exact) mass is 366 g/mol. The van der Waals surface area contributed by atoms with Crippen molar-refractivity contribution in [3.63, 3.8) is 0 Å². The molecule has 0 N–H and O–H groups in total. The molecule has 0 saturated carbocycles. The van der Waals surface area contributed by atoms with Crippen LogP contribution in [0.2, 0.25) is 0 Å². The molecule has 0 spiro atoms. The summed E-state index contributed by atoms with van der Waals surface area (Å²) in [6.45, 7) is 0.853. The topological polar surface area (TPSA) is 43.6 Å². The number of benzene rings is 1. The van der Waals surface area contributed by atoms with Gasteiger partial charge < -0.3 is 4.74 Å². The molecule has 1 aromatic carbocycles. The third kappa shape index (κ3) is 3.40. The second-order valence-electron chi connectivity index (χ2n) is 5.63. The maximum atomic E-state index is 13.5. The summed E-state index contributed by atoms with van der Waals surface area (Å²) in [6.07, 6.45) is -3.40. The Morgan fingerprint density at radius 2 is 1.85 bits per heavy atom. The van der Waals surface area contributed by atoms with Gasteiger partial charge >= 0.3 is 6.18 Å². The average molecular weight is 366 g/mol. The van der Waals surface area contributed by atoms with Gasteiger partial charge in [-0.1, -0.05) is 12.1 Å². The molecule has 0 fully saturated rings. The van der Waals surface area contributed by atoms with Gasteiger partial charge in [0.2, 0.25) is 0 Å². The Balaban J connectivity index is 2.22. The lowest BCUT2D eigenvalue weighted by Gasteiger charge is -2.14. The van der Waals surface area contributed by atoms with Gasteiger partial charge in [-0.05, 0) is 42.3 Å². The summed E-state index contributed by atoms with van der Waals surface area (Å²) in [7, 11) is 0. The van der Waals surface area contributed by atoms with Gasteiger partial charge in [-0.25, -0.2) is 9.37 Å². The van der Waals surface area contributed by atoms with Gasteiger partial charge in [0.25, 0.3) is 5.56 Å². The highest BCUT2D eigenvalue weighted by Gasteiger charge is 2.38. The van der Waals surface area contributed by atoms with E-state index in [9.17, 15) is 22.4 Å². The lowest BCUT2D eigenvalue weighted by Crippen LogP contribution is -2.24. The van der Waals surface area contributed by atoms with Crippen molar-refractivity contribution in [1.29, 1.82) is 0 Å². The van der Waals surface area contributed by atoms with Gasteiger partial charge in [0.1, 0.15) is 24.7 Å². The molecule has 0 radical (unpaired) electrons. The van der Waals surface area contributed by atoms with Crippen LogP contribution in [0.1, 0.15) is 11.3 Å². The fourth-order valence-corrected chi connectivity index (χ4v) is 2.58. The summed E-state index contributed by atoms with van der Waals surface area (Å²) in [5.74, 6) is 0.296. The second-order valence-corrected chi connectivity index (χ2v) is 5.63. The molecular formula is C18H14F4N2O2. The zero-order valence-corrected chi connectivity index (χ0v) is 13.7. The van der Waals surface area contributed by atoms with E-state index in [1.54, 1.807) is 13.0 Å². The molecule has 0 aliphatic carbocycles. The van der Waals surface area contributed by atoms with E-state index in [-0.39, 0.29) is 17.8 Å². The number of aromatic nitrogens is 2. The molecule has 3 aromatic rings. The van der Waals surface area contributed by atoms with E-state index >= 15 is 0 Å². The van der Waals surface area contributed by atoms with Gasteiger partial charge in [0.15, 0.2) is 5.69 Å². The summed E-state index contributed by atoms with van der Waals surface area (Å²) in [5, 5.41) is 0. The van der Waals surface area contributed by atoms with Gasteiger partial charge in [-0.2, -0.15) is 13.2 Å². The van der Waals surface area contributed by atoms with Gasteiger partial charge in [0, 0.05) is 6.20 Å². The molecule has 26 heavy (non-hydrogen) atoms. The van der Waals surface area contributed by atoms with Crippen molar-refractivity contribution in [2.24, 2.45) is 0 Å². The predicted molar refractivity (Wildman–Crippen MR) is 88.1 cm³/mol. The molecule has 2 heterocycles. The average Bonchev–Trinajstić information content (AvgIpc) is 2.59. The van der Waals surface area contributed by atoms with Crippen LogP contribution in [0.5, 0.6) is 5.75 Å². The van der Waals surface area contributed by atoms with Crippen LogP contribution in [0.4, 0.5) is 17.6 Å². The Bertz CT molecular complexity index is 995. The van der Waals surface area contributed by atoms with E-state index in [2.05, 4.69) is 4.98 Å². The van der Waals surface area contributed by atoms with E-state index in [0.717, 1.165) is 4.40 Å². The van der Waals surface area contributed by atoms with Crippen molar-refractivity contribution in [3.8, 4) is 16.9 Å². The number of aryl methyl sites for hydroxylation is 1. The van der Waals surface area contributed by atoms with E-state index in [0.29, 0.717) is 11.3 Å². The number of hydrogen-bond acceptors (Lipinski definition) is 3. The lowest BCUT2D eigenvalue weighted by molar-refractivity contribution is -0.140. The van der Waals surface area contributed by atoms with Gasteiger partial charge in [-0.3, -0.25) is 9.20 Å². The Morgan fingerprint density at radius 1 is 1.15 bits per heavy atom. The van der Waals surface area contributed by atoms with Crippen LogP contribution in [0, 0.1) is 6.92 Å². The minimum absolute atomic E-state index is 0.0531. The molecule has 0 aliphatic heterocycles. The number of ether oxygens (including phenoxy) is 1. The minimum atomic E-state index is -4.80. The number of pyridine rings is 1. The third-order valence-corrected chi connectivity index (χ3v) is 3.74. The normalized spacial score (nSPS) is 11.7. The number of alkyl halides is 4. The minimum Gasteiger partial charge on any atom is -0.491 e. The molecule has 0 atom stereocenters. The van der Waals surface area contributed by atoms with Crippen molar-refractivity contribution in [2.45, 2.75) is 13.1 Å². The summed E-state index contributed by atoms with van der Waals surface area (Å²) in [4.78, 5) is 16.4. The number of fused-ring (bicyclic) bond motifs is 1. The summed E-state index contributed by atoms with van der Waals surface area (Å²) < 4.78 is 58.8. The largest absolute Gasteiger partial charge is 0.491 e. The van der Waals surface area contributed by atoms with Crippen LogP contribution in [0.3, 0.4) is 0 Å². The van der Waals surface area contributed by atoms with Gasteiger partial charge in [0.05, 0.1) is 5.56 Å². The zero-order chi connectivity index (χ0) is 18.9. The highest BCUT2D eigenvalue weighted by molar-refractivity contribution is 5.68. The molecule has 0 saturated heterocycles. The molecule has 0 bridgehead atoms. The lowest BCUT2D eigenvalue weighted by atomic mass is 10.0.